The first-order valence-corrected chi connectivity index (χ1v) is 5.13. The zero-order valence-electron chi connectivity index (χ0n) is 7.09. The van der Waals surface area contributed by atoms with Crippen LogP contribution in [0.15, 0.2) is 0 Å². The fraction of sp³-hybridized carbons (Fsp3) is 0.875. The first-order chi connectivity index (χ1) is 4.63. The second-order valence-corrected chi connectivity index (χ2v) is 4.71. The summed E-state index contributed by atoms with van der Waals surface area (Å²) in [4.78, 5) is 0. The Bertz CT molecular complexity index is 75.3. The van der Waals surface area contributed by atoms with Crippen LogP contribution in [0.1, 0.15) is 33.6 Å². The van der Waals surface area contributed by atoms with Gasteiger partial charge >= 0.3 is 0 Å². The molecule has 0 heterocycles. The molecule has 3 atom stereocenters. The van der Waals surface area contributed by atoms with Gasteiger partial charge in [-0.05, 0) is 37.9 Å². The van der Waals surface area contributed by atoms with Gasteiger partial charge in [0.25, 0.3) is 0 Å². The van der Waals surface area contributed by atoms with Gasteiger partial charge < -0.3 is 4.55 Å². The molecule has 0 N–H and O–H groups in total. The molecule has 0 aliphatic heterocycles. The van der Waals surface area contributed by atoms with Crippen molar-refractivity contribution in [3.05, 3.63) is 6.92 Å². The van der Waals surface area contributed by atoms with Crippen LogP contribution in [0, 0.1) is 6.92 Å². The summed E-state index contributed by atoms with van der Waals surface area (Å²) < 4.78 is 11.4. The summed E-state index contributed by atoms with van der Waals surface area (Å²) in [5, 5.41) is 0.428. The van der Waals surface area contributed by atoms with Crippen LogP contribution in [0.3, 0.4) is 0 Å². The van der Waals surface area contributed by atoms with Gasteiger partial charge in [-0.3, -0.25) is 0 Å². The van der Waals surface area contributed by atoms with Crippen LogP contribution in [0.2, 0.25) is 0 Å². The number of hydrogen-bond donors (Lipinski definition) is 0. The minimum absolute atomic E-state index is 0.120. The zero-order chi connectivity index (χ0) is 8.15. The van der Waals surface area contributed by atoms with E-state index in [1.54, 1.807) is 0 Å². The van der Waals surface area contributed by atoms with Crippen LogP contribution in [0.25, 0.3) is 0 Å². The van der Waals surface area contributed by atoms with Crippen LogP contribution in [-0.4, -0.2) is 15.1 Å². The van der Waals surface area contributed by atoms with Gasteiger partial charge in [0.1, 0.15) is 10.5 Å². The van der Waals surface area contributed by atoms with Crippen molar-refractivity contribution in [1.82, 2.24) is 0 Å². The van der Waals surface area contributed by atoms with Crippen molar-refractivity contribution in [2.75, 3.05) is 0 Å². The molecule has 0 aromatic carbocycles. The molecule has 1 nitrogen and oxygen atoms in total. The summed E-state index contributed by atoms with van der Waals surface area (Å²) in [6.45, 7) is 9.93. The van der Waals surface area contributed by atoms with Gasteiger partial charge in [-0.2, -0.15) is 0 Å². The molecule has 61 valence electrons. The summed E-state index contributed by atoms with van der Waals surface area (Å²) >= 11 is -0.721. The molecule has 1 radical (unpaired) electrons. The molecule has 2 heteroatoms. The maximum Gasteiger partial charge on any atom is 0.115 e. The smallest absolute Gasteiger partial charge is 0.115 e. The quantitative estimate of drug-likeness (QED) is 0.579. The molecule has 0 saturated heterocycles. The molecule has 0 rings (SSSR count). The van der Waals surface area contributed by atoms with E-state index in [-0.39, 0.29) is 5.25 Å². The van der Waals surface area contributed by atoms with Gasteiger partial charge in [-0.15, -0.1) is 0 Å². The normalized spacial score (nSPS) is 20.1. The molecule has 0 fully saturated rings. The third-order valence-electron chi connectivity index (χ3n) is 1.76. The van der Waals surface area contributed by atoms with E-state index in [2.05, 4.69) is 13.8 Å². The highest BCUT2D eigenvalue weighted by Crippen LogP contribution is 2.13. The highest BCUT2D eigenvalue weighted by molar-refractivity contribution is 7.92. The Morgan fingerprint density at radius 1 is 1.40 bits per heavy atom. The molecule has 0 aliphatic carbocycles. The maximum absolute atomic E-state index is 11.4. The molecule has 3 unspecified atom stereocenters. The lowest BCUT2D eigenvalue weighted by molar-refractivity contribution is 0.570. The van der Waals surface area contributed by atoms with Crippen molar-refractivity contribution in [2.24, 2.45) is 0 Å². The van der Waals surface area contributed by atoms with Crippen LogP contribution in [0.5, 0.6) is 0 Å². The van der Waals surface area contributed by atoms with E-state index in [1.165, 1.54) is 0 Å². The summed E-state index contributed by atoms with van der Waals surface area (Å²) in [7, 11) is 0. The Morgan fingerprint density at radius 2 is 1.90 bits per heavy atom. The Balaban J connectivity index is 3.69. The van der Waals surface area contributed by atoms with Crippen LogP contribution in [-0.2, 0) is 11.2 Å². The highest BCUT2D eigenvalue weighted by Gasteiger charge is 2.20. The maximum atomic E-state index is 11.4. The SMILES string of the molecule is [CH2]C(CC)[S+]([O-])C(C)CC. The topological polar surface area (TPSA) is 23.1 Å². The van der Waals surface area contributed by atoms with Gasteiger partial charge in [0.15, 0.2) is 0 Å². The van der Waals surface area contributed by atoms with E-state index < -0.39 is 11.2 Å². The Labute approximate surface area is 67.4 Å². The second-order valence-electron chi connectivity index (χ2n) is 2.58. The highest BCUT2D eigenvalue weighted by atomic mass is 32.2. The molecular formula is C8H17OS. The molecule has 0 spiro atoms. The summed E-state index contributed by atoms with van der Waals surface area (Å²) in [5.74, 6) is 0. The van der Waals surface area contributed by atoms with Crippen molar-refractivity contribution in [2.45, 2.75) is 44.1 Å². The average Bonchev–Trinajstić information content (AvgIpc) is 2.00. The van der Waals surface area contributed by atoms with Crippen LogP contribution in [0.4, 0.5) is 0 Å². The molecule has 0 amide bonds. The van der Waals surface area contributed by atoms with Gasteiger partial charge in [0.05, 0.1) is 0 Å². The predicted octanol–water partition coefficient (Wildman–Crippen LogP) is 2.15. The van der Waals surface area contributed by atoms with Crippen molar-refractivity contribution < 1.29 is 4.55 Å². The molecule has 0 aromatic rings. The summed E-state index contributed by atoms with van der Waals surface area (Å²) in [6, 6.07) is 0. The summed E-state index contributed by atoms with van der Waals surface area (Å²) in [5.41, 5.74) is 0. The number of hydrogen-bond acceptors (Lipinski definition) is 1. The minimum atomic E-state index is -0.721. The molecule has 0 aromatic heterocycles. The Kier molecular flexibility index (Phi) is 5.18. The van der Waals surface area contributed by atoms with E-state index >= 15 is 0 Å². The van der Waals surface area contributed by atoms with Crippen molar-refractivity contribution in [3.63, 3.8) is 0 Å². The first-order valence-electron chi connectivity index (χ1n) is 3.85. The second kappa shape index (κ2) is 5.03. The lowest BCUT2D eigenvalue weighted by atomic mass is 10.4. The van der Waals surface area contributed by atoms with E-state index in [9.17, 15) is 4.55 Å². The predicted molar refractivity (Wildman–Crippen MR) is 47.3 cm³/mol. The Morgan fingerprint density at radius 3 is 2.20 bits per heavy atom. The van der Waals surface area contributed by atoms with Gasteiger partial charge in [0, 0.05) is 0 Å². The lowest BCUT2D eigenvalue weighted by Gasteiger charge is -2.21. The van der Waals surface area contributed by atoms with Gasteiger partial charge in [-0.25, -0.2) is 0 Å². The van der Waals surface area contributed by atoms with Crippen LogP contribution < -0.4 is 0 Å². The Hall–Kier alpha value is 0.310. The fourth-order valence-electron chi connectivity index (χ4n) is 0.657. The standard InChI is InChI=1S/C8H17OS/c1-5-7(3)10(9)8(4)6-2/h7-8H,3,5-6H2,1-2,4H3. The molecule has 0 saturated carbocycles. The fourth-order valence-corrected chi connectivity index (χ4v) is 1.97. The number of rotatable bonds is 4. The van der Waals surface area contributed by atoms with E-state index in [0.717, 1.165) is 12.8 Å². The monoisotopic (exact) mass is 161 g/mol. The third-order valence-corrected chi connectivity index (χ3v) is 3.87. The molecule has 10 heavy (non-hydrogen) atoms. The third kappa shape index (κ3) is 2.93. The molecule has 0 bridgehead atoms. The van der Waals surface area contributed by atoms with Crippen molar-refractivity contribution >= 4 is 11.2 Å². The van der Waals surface area contributed by atoms with Gasteiger partial charge in [0.2, 0.25) is 0 Å². The first kappa shape index (κ1) is 10.3. The van der Waals surface area contributed by atoms with E-state index in [0.29, 0.717) is 5.25 Å². The average molecular weight is 161 g/mol. The van der Waals surface area contributed by atoms with Crippen LogP contribution >= 0.6 is 0 Å². The van der Waals surface area contributed by atoms with Crippen molar-refractivity contribution in [3.8, 4) is 0 Å². The molecule has 0 aliphatic rings. The van der Waals surface area contributed by atoms with Gasteiger partial charge in [-0.1, -0.05) is 13.8 Å². The van der Waals surface area contributed by atoms with E-state index in [4.69, 9.17) is 0 Å². The molecular weight excluding hydrogens is 144 g/mol. The largest absolute Gasteiger partial charge is 0.616 e. The summed E-state index contributed by atoms with van der Waals surface area (Å²) in [6.07, 6.45) is 1.90. The lowest BCUT2D eigenvalue weighted by Crippen LogP contribution is -2.27. The van der Waals surface area contributed by atoms with Crippen molar-refractivity contribution in [1.29, 1.82) is 0 Å². The van der Waals surface area contributed by atoms with E-state index in [1.807, 2.05) is 13.8 Å². The minimum Gasteiger partial charge on any atom is -0.616 e. The zero-order valence-corrected chi connectivity index (χ0v) is 7.91.